The van der Waals surface area contributed by atoms with Crippen LogP contribution in [0.15, 0.2) is 0 Å². The third kappa shape index (κ3) is 3.33. The molecule has 2 aliphatic rings. The minimum Gasteiger partial charge on any atom is -0.324 e. The summed E-state index contributed by atoms with van der Waals surface area (Å²) in [5.41, 5.74) is 6.07. The Balaban J connectivity index is 0.00000128. The summed E-state index contributed by atoms with van der Waals surface area (Å²) in [6, 6.07) is 0.770. The molecule has 0 spiro atoms. The summed E-state index contributed by atoms with van der Waals surface area (Å²) in [5.74, 6) is 0.934. The average Bonchev–Trinajstić information content (AvgIpc) is 2.46. The third-order valence-corrected chi connectivity index (χ3v) is 3.79. The number of rotatable bonds is 2. The Morgan fingerprint density at radius 1 is 1.25 bits per heavy atom. The largest absolute Gasteiger partial charge is 0.324 e. The lowest BCUT2D eigenvalue weighted by Crippen LogP contribution is -2.52. The van der Waals surface area contributed by atoms with Crippen molar-refractivity contribution in [2.45, 2.75) is 38.3 Å². The molecule has 2 heterocycles. The molecule has 0 bridgehead atoms. The van der Waals surface area contributed by atoms with E-state index in [-0.39, 0.29) is 17.9 Å². The predicted molar refractivity (Wildman–Crippen MR) is 71.1 cm³/mol. The monoisotopic (exact) mass is 247 g/mol. The first kappa shape index (κ1) is 14.2. The van der Waals surface area contributed by atoms with E-state index in [1.807, 2.05) is 0 Å². The Hall–Kier alpha value is 0.170. The molecule has 0 aromatic rings. The van der Waals surface area contributed by atoms with E-state index in [0.717, 1.165) is 18.5 Å². The van der Waals surface area contributed by atoms with Crippen LogP contribution < -0.4 is 5.73 Å². The molecular weight excluding hydrogens is 222 g/mol. The van der Waals surface area contributed by atoms with Crippen molar-refractivity contribution in [1.29, 1.82) is 0 Å². The van der Waals surface area contributed by atoms with Crippen molar-refractivity contribution in [3.8, 4) is 0 Å². The lowest BCUT2D eigenvalue weighted by Gasteiger charge is -2.38. The molecule has 0 saturated carbocycles. The number of piperidine rings is 1. The van der Waals surface area contributed by atoms with Crippen LogP contribution in [0.3, 0.4) is 0 Å². The van der Waals surface area contributed by atoms with Crippen molar-refractivity contribution >= 4 is 12.4 Å². The Morgan fingerprint density at radius 2 is 1.88 bits per heavy atom. The second-order valence-electron chi connectivity index (χ2n) is 6.13. The molecule has 2 fully saturated rings. The molecule has 4 heteroatoms. The second-order valence-corrected chi connectivity index (χ2v) is 6.13. The van der Waals surface area contributed by atoms with E-state index in [2.05, 4.69) is 30.7 Å². The van der Waals surface area contributed by atoms with Gasteiger partial charge in [0.15, 0.2) is 0 Å². The van der Waals surface area contributed by atoms with Gasteiger partial charge in [-0.15, -0.1) is 12.4 Å². The van der Waals surface area contributed by atoms with Gasteiger partial charge >= 0.3 is 0 Å². The zero-order valence-corrected chi connectivity index (χ0v) is 11.6. The summed E-state index contributed by atoms with van der Waals surface area (Å²) >= 11 is 0. The van der Waals surface area contributed by atoms with Crippen LogP contribution in [0.4, 0.5) is 0 Å². The van der Waals surface area contributed by atoms with Crippen LogP contribution in [0.5, 0.6) is 0 Å². The van der Waals surface area contributed by atoms with Crippen LogP contribution in [0.1, 0.15) is 26.7 Å². The van der Waals surface area contributed by atoms with Crippen LogP contribution in [-0.2, 0) is 0 Å². The standard InChI is InChI=1S/C12H25N3.ClH/c1-12(2,13)9-15-7-5-10-4-6-14(3)8-11(10)15;/h10-11H,4-9,13H2,1-3H3;1H. The molecule has 0 aromatic heterocycles. The number of hydrogen-bond acceptors (Lipinski definition) is 3. The van der Waals surface area contributed by atoms with E-state index in [1.54, 1.807) is 0 Å². The molecule has 96 valence electrons. The molecule has 0 aliphatic carbocycles. The number of halogens is 1. The molecule has 2 atom stereocenters. The maximum absolute atomic E-state index is 6.12. The third-order valence-electron chi connectivity index (χ3n) is 3.79. The maximum atomic E-state index is 6.12. The first-order valence-electron chi connectivity index (χ1n) is 6.17. The van der Waals surface area contributed by atoms with Gasteiger partial charge in [-0.3, -0.25) is 4.90 Å². The molecule has 0 amide bonds. The van der Waals surface area contributed by atoms with E-state index in [1.165, 1.54) is 32.5 Å². The van der Waals surface area contributed by atoms with Gasteiger partial charge in [0.2, 0.25) is 0 Å². The average molecular weight is 248 g/mol. The zero-order chi connectivity index (χ0) is 11.1. The zero-order valence-electron chi connectivity index (χ0n) is 10.8. The van der Waals surface area contributed by atoms with E-state index in [4.69, 9.17) is 5.73 Å². The number of nitrogens with two attached hydrogens (primary N) is 1. The van der Waals surface area contributed by atoms with Crippen molar-refractivity contribution in [2.24, 2.45) is 11.7 Å². The minimum atomic E-state index is -0.0507. The smallest absolute Gasteiger partial charge is 0.0252 e. The quantitative estimate of drug-likeness (QED) is 0.795. The van der Waals surface area contributed by atoms with Crippen LogP contribution in [0.25, 0.3) is 0 Å². The van der Waals surface area contributed by atoms with E-state index in [0.29, 0.717) is 0 Å². The molecule has 2 saturated heterocycles. The summed E-state index contributed by atoms with van der Waals surface area (Å²) in [6.07, 6.45) is 2.76. The number of fused-ring (bicyclic) bond motifs is 1. The van der Waals surface area contributed by atoms with Crippen LogP contribution in [0.2, 0.25) is 0 Å². The molecule has 16 heavy (non-hydrogen) atoms. The summed E-state index contributed by atoms with van der Waals surface area (Å²) in [6.45, 7) is 9.08. The van der Waals surface area contributed by atoms with Gasteiger partial charge in [-0.05, 0) is 52.7 Å². The Bertz CT molecular complexity index is 227. The Labute approximate surface area is 106 Å². The van der Waals surface area contributed by atoms with Crippen molar-refractivity contribution in [3.63, 3.8) is 0 Å². The molecule has 0 radical (unpaired) electrons. The van der Waals surface area contributed by atoms with Crippen molar-refractivity contribution in [3.05, 3.63) is 0 Å². The van der Waals surface area contributed by atoms with Gasteiger partial charge < -0.3 is 10.6 Å². The van der Waals surface area contributed by atoms with Crippen molar-refractivity contribution in [1.82, 2.24) is 9.80 Å². The summed E-state index contributed by atoms with van der Waals surface area (Å²) < 4.78 is 0. The topological polar surface area (TPSA) is 32.5 Å². The number of nitrogens with zero attached hydrogens (tertiary/aromatic N) is 2. The van der Waals surface area contributed by atoms with Crippen LogP contribution in [-0.4, -0.2) is 54.6 Å². The molecular formula is C12H26ClN3. The fourth-order valence-electron chi connectivity index (χ4n) is 3.11. The lowest BCUT2D eigenvalue weighted by molar-refractivity contribution is 0.110. The maximum Gasteiger partial charge on any atom is 0.0252 e. The van der Waals surface area contributed by atoms with Gasteiger partial charge in [-0.1, -0.05) is 0 Å². The highest BCUT2D eigenvalue weighted by atomic mass is 35.5. The van der Waals surface area contributed by atoms with E-state index in [9.17, 15) is 0 Å². The van der Waals surface area contributed by atoms with Gasteiger partial charge in [0.25, 0.3) is 0 Å². The minimum absolute atomic E-state index is 0. The first-order chi connectivity index (χ1) is 6.96. The normalized spacial score (nSPS) is 32.2. The van der Waals surface area contributed by atoms with Crippen LogP contribution in [0, 0.1) is 5.92 Å². The predicted octanol–water partition coefficient (Wildman–Crippen LogP) is 1.17. The summed E-state index contributed by atoms with van der Waals surface area (Å²) in [7, 11) is 2.24. The highest BCUT2D eigenvalue weighted by Crippen LogP contribution is 2.31. The van der Waals surface area contributed by atoms with Gasteiger partial charge in [-0.25, -0.2) is 0 Å². The highest BCUT2D eigenvalue weighted by Gasteiger charge is 2.38. The highest BCUT2D eigenvalue weighted by molar-refractivity contribution is 5.85. The molecule has 2 unspecified atom stereocenters. The van der Waals surface area contributed by atoms with Crippen molar-refractivity contribution < 1.29 is 0 Å². The molecule has 2 aliphatic heterocycles. The van der Waals surface area contributed by atoms with Gasteiger partial charge in [0.1, 0.15) is 0 Å². The van der Waals surface area contributed by atoms with Gasteiger partial charge in [-0.2, -0.15) is 0 Å². The number of hydrogen-bond donors (Lipinski definition) is 1. The number of likely N-dealkylation sites (tertiary alicyclic amines) is 2. The van der Waals surface area contributed by atoms with Crippen molar-refractivity contribution in [2.75, 3.05) is 33.2 Å². The van der Waals surface area contributed by atoms with Gasteiger partial charge in [0.05, 0.1) is 0 Å². The fourth-order valence-corrected chi connectivity index (χ4v) is 3.11. The second kappa shape index (κ2) is 5.21. The first-order valence-corrected chi connectivity index (χ1v) is 6.17. The SMILES string of the molecule is CN1CCC2CCN(CC(C)(C)N)C2C1.Cl. The molecule has 2 rings (SSSR count). The molecule has 2 N–H and O–H groups in total. The summed E-state index contributed by atoms with van der Waals surface area (Å²) in [5, 5.41) is 0. The Kier molecular flexibility index (Phi) is 4.64. The number of likely N-dealkylation sites (N-methyl/N-ethyl adjacent to an activating group) is 1. The Morgan fingerprint density at radius 3 is 2.50 bits per heavy atom. The van der Waals surface area contributed by atoms with Gasteiger partial charge in [0, 0.05) is 24.7 Å². The molecule has 3 nitrogen and oxygen atoms in total. The fraction of sp³-hybridized carbons (Fsp3) is 1.00. The van der Waals surface area contributed by atoms with Crippen LogP contribution >= 0.6 is 12.4 Å². The molecule has 0 aromatic carbocycles. The lowest BCUT2D eigenvalue weighted by atomic mass is 9.92. The van der Waals surface area contributed by atoms with E-state index < -0.39 is 0 Å². The summed E-state index contributed by atoms with van der Waals surface area (Å²) in [4.78, 5) is 5.07. The van der Waals surface area contributed by atoms with E-state index >= 15 is 0 Å².